The minimum absolute atomic E-state index is 0.0593. The Labute approximate surface area is 255 Å². The van der Waals surface area contributed by atoms with Crippen molar-refractivity contribution in [3.63, 3.8) is 0 Å². The average molecular weight is 699 g/mol. The van der Waals surface area contributed by atoms with Crippen molar-refractivity contribution in [1.29, 1.82) is 0 Å². The zero-order chi connectivity index (χ0) is 28.2. The second-order valence-electron chi connectivity index (χ2n) is 9.41. The number of para-hydroxylation sites is 1. The van der Waals surface area contributed by atoms with Gasteiger partial charge in [-0.15, -0.1) is 0 Å². The molecule has 0 aliphatic carbocycles. The summed E-state index contributed by atoms with van der Waals surface area (Å²) in [5, 5.41) is 0.393. The number of ketones is 1. The van der Waals surface area contributed by atoms with E-state index in [1.807, 2.05) is 36.4 Å². The second kappa shape index (κ2) is 12.0. The van der Waals surface area contributed by atoms with E-state index in [-0.39, 0.29) is 17.2 Å². The van der Waals surface area contributed by atoms with E-state index in [2.05, 4.69) is 104 Å². The second-order valence-corrected chi connectivity index (χ2v) is 19.6. The van der Waals surface area contributed by atoms with E-state index in [9.17, 15) is 9.18 Å². The number of carbonyl (C=O) groups excluding carboxylic acids is 1. The summed E-state index contributed by atoms with van der Waals surface area (Å²) in [4.78, 5) is 13.0. The molecule has 0 unspecified atom stereocenters. The van der Waals surface area contributed by atoms with Crippen LogP contribution in [0.3, 0.4) is 0 Å². The summed E-state index contributed by atoms with van der Waals surface area (Å²) in [7, 11) is 0. The van der Waals surface area contributed by atoms with Gasteiger partial charge in [-0.1, -0.05) is 0 Å². The van der Waals surface area contributed by atoms with E-state index in [1.165, 1.54) is 12.1 Å². The van der Waals surface area contributed by atoms with Crippen LogP contribution in [0.4, 0.5) is 4.39 Å². The Hall–Kier alpha value is -2.82. The van der Waals surface area contributed by atoms with Crippen LogP contribution >= 0.6 is 48.3 Å². The van der Waals surface area contributed by atoms with Crippen molar-refractivity contribution in [3.8, 4) is 5.75 Å². The van der Waals surface area contributed by atoms with Gasteiger partial charge in [0.15, 0.2) is 0 Å². The molecule has 0 aliphatic heterocycles. The molecule has 0 saturated carbocycles. The van der Waals surface area contributed by atoms with E-state index in [0.717, 1.165) is 27.5 Å². The van der Waals surface area contributed by atoms with Gasteiger partial charge in [-0.3, -0.25) is 0 Å². The van der Waals surface area contributed by atoms with Gasteiger partial charge in [-0.2, -0.15) is 0 Å². The molecular weight excluding hydrogens is 674 g/mol. The van der Waals surface area contributed by atoms with Gasteiger partial charge in [0.25, 0.3) is 0 Å². The standard InChI is InChI=1S/C33H25Br2ClFO2P/c34-30-18-10-11-24(33(30)39-22-32(38)29-20-19-25(36)21-31(29)37)23-40(35,26-12-4-1-5-13-26,27-14-6-2-7-15-27)28-16-8-3-9-17-28/h1-21H,22-23H2. The van der Waals surface area contributed by atoms with Gasteiger partial charge in [0.1, 0.15) is 0 Å². The number of halogens is 4. The summed E-state index contributed by atoms with van der Waals surface area (Å²) in [5.41, 5.74) is 0.848. The van der Waals surface area contributed by atoms with E-state index in [0.29, 0.717) is 16.4 Å². The van der Waals surface area contributed by atoms with Crippen molar-refractivity contribution in [2.24, 2.45) is 0 Å². The molecule has 0 heterocycles. The Balaban J connectivity index is 1.64. The first-order valence-electron chi connectivity index (χ1n) is 12.6. The van der Waals surface area contributed by atoms with Gasteiger partial charge in [0.05, 0.1) is 0 Å². The predicted octanol–water partition coefficient (Wildman–Crippen LogP) is 8.84. The molecule has 0 aromatic heterocycles. The predicted molar refractivity (Wildman–Crippen MR) is 173 cm³/mol. The number of hydrogen-bond acceptors (Lipinski definition) is 2. The van der Waals surface area contributed by atoms with Crippen molar-refractivity contribution < 1.29 is 13.9 Å². The quantitative estimate of drug-likeness (QED) is 0.114. The maximum absolute atomic E-state index is 14.5. The molecule has 40 heavy (non-hydrogen) atoms. The fraction of sp³-hybridized carbons (Fsp3) is 0.0606. The van der Waals surface area contributed by atoms with Crippen LogP contribution in [0.2, 0.25) is 5.02 Å². The summed E-state index contributed by atoms with van der Waals surface area (Å²) >= 11 is 14.0. The third kappa shape index (κ3) is 5.41. The van der Waals surface area contributed by atoms with E-state index >= 15 is 0 Å². The molecule has 0 amide bonds. The van der Waals surface area contributed by atoms with Crippen molar-refractivity contribution in [1.82, 2.24) is 0 Å². The van der Waals surface area contributed by atoms with E-state index < -0.39 is 16.9 Å². The van der Waals surface area contributed by atoms with Crippen molar-refractivity contribution in [2.45, 2.75) is 6.16 Å². The summed E-state index contributed by atoms with van der Waals surface area (Å²) in [6, 6.07) is 41.2. The molecule has 7 heteroatoms. The van der Waals surface area contributed by atoms with Gasteiger partial charge in [-0.25, -0.2) is 0 Å². The molecule has 202 valence electrons. The Kier molecular flexibility index (Phi) is 8.58. The number of hydrogen-bond donors (Lipinski definition) is 0. The summed E-state index contributed by atoms with van der Waals surface area (Å²) in [5.74, 6) is -0.598. The number of carbonyl (C=O) groups is 1. The summed E-state index contributed by atoms with van der Waals surface area (Å²) in [6.45, 7) is -0.325. The Morgan fingerprint density at radius 2 is 1.27 bits per heavy atom. The molecule has 0 radical (unpaired) electrons. The third-order valence-electron chi connectivity index (χ3n) is 6.98. The van der Waals surface area contributed by atoms with E-state index in [1.54, 1.807) is 0 Å². The van der Waals surface area contributed by atoms with Gasteiger partial charge in [-0.05, 0) is 0 Å². The van der Waals surface area contributed by atoms with Gasteiger partial charge < -0.3 is 0 Å². The molecule has 0 atom stereocenters. The molecule has 2 nitrogen and oxygen atoms in total. The van der Waals surface area contributed by atoms with Crippen molar-refractivity contribution >= 4 is 70.0 Å². The molecule has 0 saturated heterocycles. The summed E-state index contributed by atoms with van der Waals surface area (Å²) in [6.07, 6.45) is 0.571. The fourth-order valence-corrected chi connectivity index (χ4v) is 13.4. The molecular formula is C33H25Br2ClFO2P. The molecule has 5 rings (SSSR count). The average Bonchev–Trinajstić information content (AvgIpc) is 2.98. The van der Waals surface area contributed by atoms with Gasteiger partial charge >= 0.3 is 256 Å². The van der Waals surface area contributed by atoms with Gasteiger partial charge in [0.2, 0.25) is 0 Å². The van der Waals surface area contributed by atoms with Crippen LogP contribution in [0.5, 0.6) is 5.75 Å². The first kappa shape index (κ1) is 28.7. The minimum atomic E-state index is -3.33. The Morgan fingerprint density at radius 1 is 0.750 bits per heavy atom. The molecule has 0 fully saturated rings. The van der Waals surface area contributed by atoms with Crippen LogP contribution in [-0.4, -0.2) is 12.4 Å². The molecule has 5 aromatic carbocycles. The van der Waals surface area contributed by atoms with Crippen LogP contribution in [-0.2, 0) is 6.16 Å². The Morgan fingerprint density at radius 3 is 1.77 bits per heavy atom. The zero-order valence-corrected chi connectivity index (χ0v) is 26.1. The molecule has 0 N–H and O–H groups in total. The molecule has 0 aliphatic rings. The van der Waals surface area contributed by atoms with Crippen LogP contribution in [0, 0.1) is 5.82 Å². The van der Waals surface area contributed by atoms with Crippen LogP contribution in [0.25, 0.3) is 0 Å². The first-order valence-corrected chi connectivity index (χ1v) is 18.2. The van der Waals surface area contributed by atoms with Crippen LogP contribution < -0.4 is 20.7 Å². The SMILES string of the molecule is O=C(COc1c(Br)cccc1CP(Br)(c1ccccc1)(c1ccccc1)c1ccccc1)c1ccc(Cl)cc1F. The number of benzene rings is 5. The molecule has 5 aromatic rings. The zero-order valence-electron chi connectivity index (χ0n) is 21.3. The van der Waals surface area contributed by atoms with Crippen LogP contribution in [0.1, 0.15) is 15.9 Å². The van der Waals surface area contributed by atoms with E-state index in [4.69, 9.17) is 16.3 Å². The topological polar surface area (TPSA) is 26.3 Å². The van der Waals surface area contributed by atoms with Crippen molar-refractivity contribution in [3.05, 3.63) is 154 Å². The number of rotatable bonds is 9. The fourth-order valence-electron chi connectivity index (χ4n) is 5.03. The molecule has 0 bridgehead atoms. The first-order chi connectivity index (χ1) is 19.3. The number of ether oxygens (including phenoxy) is 1. The Bertz CT molecular complexity index is 1550. The third-order valence-corrected chi connectivity index (χ3v) is 17.3. The summed E-state index contributed by atoms with van der Waals surface area (Å²) < 4.78 is 21.3. The maximum atomic E-state index is 14.5. The number of Topliss-reactive ketones (excluding diaryl/α,β-unsaturated/α-hetero) is 1. The molecule has 0 spiro atoms. The monoisotopic (exact) mass is 696 g/mol. The van der Waals surface area contributed by atoms with Crippen LogP contribution in [0.15, 0.2) is 132 Å². The normalized spacial score (nSPS) is 12.3. The van der Waals surface area contributed by atoms with Gasteiger partial charge in [0, 0.05) is 0 Å². The van der Waals surface area contributed by atoms with Crippen molar-refractivity contribution in [2.75, 3.05) is 6.61 Å².